The minimum Gasteiger partial charge on any atom is -0.486 e. The van der Waals surface area contributed by atoms with Crippen LogP contribution in [0.2, 0.25) is 0 Å². The van der Waals surface area contributed by atoms with E-state index in [1.54, 1.807) is 22.7 Å². The van der Waals surface area contributed by atoms with E-state index in [2.05, 4.69) is 35.6 Å². The van der Waals surface area contributed by atoms with Crippen molar-refractivity contribution in [2.24, 2.45) is 0 Å². The number of hydrogen-bond donors (Lipinski definition) is 0. The van der Waals surface area contributed by atoms with Crippen LogP contribution in [0.15, 0.2) is 58.4 Å². The van der Waals surface area contributed by atoms with E-state index in [0.29, 0.717) is 29.6 Å². The van der Waals surface area contributed by atoms with Crippen molar-refractivity contribution >= 4 is 28.1 Å². The topological polar surface area (TPSA) is 74.3 Å². The van der Waals surface area contributed by atoms with Crippen LogP contribution in [-0.2, 0) is 18.9 Å². The Morgan fingerprint density at radius 1 is 1.23 bits per heavy atom. The van der Waals surface area contributed by atoms with Crippen LogP contribution < -0.4 is 10.3 Å². The van der Waals surface area contributed by atoms with Gasteiger partial charge < -0.3 is 4.74 Å². The quantitative estimate of drug-likeness (QED) is 0.305. The molecule has 4 aromatic rings. The number of benzene rings is 1. The van der Waals surface area contributed by atoms with Crippen LogP contribution in [0, 0.1) is 13.8 Å². The second-order valence-corrected chi connectivity index (χ2v) is 8.58. The Hall–Kier alpha value is -2.91. The van der Waals surface area contributed by atoms with Crippen LogP contribution in [0.25, 0.3) is 4.96 Å². The van der Waals surface area contributed by atoms with Gasteiger partial charge in [0.2, 0.25) is 0 Å². The van der Waals surface area contributed by atoms with Gasteiger partial charge in [-0.25, -0.2) is 4.98 Å². The molecular formula is C21H21N5O2S2. The molecule has 0 N–H and O–H groups in total. The van der Waals surface area contributed by atoms with Crippen molar-refractivity contribution in [1.29, 1.82) is 0 Å². The lowest BCUT2D eigenvalue weighted by atomic mass is 10.1. The van der Waals surface area contributed by atoms with Gasteiger partial charge in [0, 0.05) is 29.9 Å². The first kappa shape index (κ1) is 20.4. The maximum atomic E-state index is 12.2. The van der Waals surface area contributed by atoms with Crippen molar-refractivity contribution in [2.45, 2.75) is 37.9 Å². The summed E-state index contributed by atoms with van der Waals surface area (Å²) in [5.74, 6) is 2.04. The molecule has 3 aromatic heterocycles. The molecule has 0 aliphatic rings. The first-order chi connectivity index (χ1) is 14.5. The van der Waals surface area contributed by atoms with Gasteiger partial charge in [0.15, 0.2) is 15.9 Å². The summed E-state index contributed by atoms with van der Waals surface area (Å²) in [5, 5.41) is 11.2. The van der Waals surface area contributed by atoms with Crippen molar-refractivity contribution in [1.82, 2.24) is 24.1 Å². The molecule has 0 amide bonds. The zero-order chi connectivity index (χ0) is 21.1. The molecule has 7 nitrogen and oxygen atoms in total. The second-order valence-electron chi connectivity index (χ2n) is 6.76. The zero-order valence-electron chi connectivity index (χ0n) is 16.7. The van der Waals surface area contributed by atoms with Crippen LogP contribution in [0.1, 0.15) is 22.6 Å². The average molecular weight is 440 g/mol. The summed E-state index contributed by atoms with van der Waals surface area (Å²) in [4.78, 5) is 17.4. The number of thiazole rings is 1. The highest BCUT2D eigenvalue weighted by atomic mass is 32.2. The molecule has 0 radical (unpaired) electrons. The number of aromatic nitrogens is 5. The monoisotopic (exact) mass is 439 g/mol. The van der Waals surface area contributed by atoms with Crippen LogP contribution >= 0.6 is 23.1 Å². The SMILES string of the molecule is C=CCn1c(COc2ccc(C)c(C)c2)nnc1SCc1cc(=O)n2ccsc2n1. The number of nitrogens with zero attached hydrogens (tertiary/aromatic N) is 5. The van der Waals surface area contributed by atoms with Crippen molar-refractivity contribution < 1.29 is 4.74 Å². The van der Waals surface area contributed by atoms with Crippen LogP contribution in [0.3, 0.4) is 0 Å². The summed E-state index contributed by atoms with van der Waals surface area (Å²) in [6.45, 7) is 8.85. The lowest BCUT2D eigenvalue weighted by molar-refractivity contribution is 0.289. The Morgan fingerprint density at radius 3 is 2.90 bits per heavy atom. The molecule has 30 heavy (non-hydrogen) atoms. The predicted molar refractivity (Wildman–Crippen MR) is 119 cm³/mol. The summed E-state index contributed by atoms with van der Waals surface area (Å²) in [7, 11) is 0. The van der Waals surface area contributed by atoms with Crippen molar-refractivity contribution in [3.05, 3.63) is 81.5 Å². The number of ether oxygens (including phenoxy) is 1. The zero-order valence-corrected chi connectivity index (χ0v) is 18.4. The fraction of sp³-hybridized carbons (Fsp3) is 0.238. The molecule has 0 unspecified atom stereocenters. The van der Waals surface area contributed by atoms with Crippen molar-refractivity contribution in [2.75, 3.05) is 0 Å². The lowest BCUT2D eigenvalue weighted by Gasteiger charge is -2.10. The van der Waals surface area contributed by atoms with E-state index >= 15 is 0 Å². The summed E-state index contributed by atoms with van der Waals surface area (Å²) in [6, 6.07) is 7.58. The predicted octanol–water partition coefficient (Wildman–Crippen LogP) is 4.02. The largest absolute Gasteiger partial charge is 0.486 e. The molecule has 9 heteroatoms. The fourth-order valence-electron chi connectivity index (χ4n) is 2.90. The van der Waals surface area contributed by atoms with Gasteiger partial charge in [-0.15, -0.1) is 28.1 Å². The van der Waals surface area contributed by atoms with Crippen LogP contribution in [0.4, 0.5) is 0 Å². The molecule has 1 aromatic carbocycles. The van der Waals surface area contributed by atoms with Gasteiger partial charge in [-0.3, -0.25) is 13.8 Å². The first-order valence-corrected chi connectivity index (χ1v) is 11.2. The molecule has 0 atom stereocenters. The summed E-state index contributed by atoms with van der Waals surface area (Å²) in [6.07, 6.45) is 3.53. The molecule has 0 bridgehead atoms. The number of aryl methyl sites for hydroxylation is 2. The Bertz CT molecular complexity index is 1260. The highest BCUT2D eigenvalue weighted by molar-refractivity contribution is 7.98. The molecule has 0 spiro atoms. The van der Waals surface area contributed by atoms with Gasteiger partial charge in [0.05, 0.1) is 5.69 Å². The van der Waals surface area contributed by atoms with Gasteiger partial charge in [0.1, 0.15) is 12.4 Å². The van der Waals surface area contributed by atoms with Crippen LogP contribution in [0.5, 0.6) is 5.75 Å². The molecule has 0 saturated heterocycles. The van der Waals surface area contributed by atoms with Crippen LogP contribution in [-0.4, -0.2) is 24.1 Å². The van der Waals surface area contributed by atoms with E-state index < -0.39 is 0 Å². The number of fused-ring (bicyclic) bond motifs is 1. The minimum absolute atomic E-state index is 0.0770. The highest BCUT2D eigenvalue weighted by Crippen LogP contribution is 2.23. The third-order valence-corrected chi connectivity index (χ3v) is 6.41. The van der Waals surface area contributed by atoms with Gasteiger partial charge in [0.25, 0.3) is 5.56 Å². The summed E-state index contributed by atoms with van der Waals surface area (Å²) < 4.78 is 9.43. The van der Waals surface area contributed by atoms with E-state index in [9.17, 15) is 4.79 Å². The van der Waals surface area contributed by atoms with Crippen molar-refractivity contribution in [3.8, 4) is 5.75 Å². The Morgan fingerprint density at radius 2 is 2.10 bits per heavy atom. The summed E-state index contributed by atoms with van der Waals surface area (Å²) >= 11 is 2.93. The van der Waals surface area contributed by atoms with E-state index in [0.717, 1.165) is 16.7 Å². The Kier molecular flexibility index (Phi) is 6.01. The third kappa shape index (κ3) is 4.31. The molecule has 0 aliphatic heterocycles. The lowest BCUT2D eigenvalue weighted by Crippen LogP contribution is -2.12. The van der Waals surface area contributed by atoms with Crippen molar-refractivity contribution in [3.63, 3.8) is 0 Å². The molecular weight excluding hydrogens is 418 g/mol. The van der Waals surface area contributed by atoms with E-state index in [1.807, 2.05) is 28.1 Å². The molecule has 4 rings (SSSR count). The molecule has 0 saturated carbocycles. The van der Waals surface area contributed by atoms with E-state index in [-0.39, 0.29) is 5.56 Å². The van der Waals surface area contributed by atoms with Gasteiger partial charge >= 0.3 is 0 Å². The average Bonchev–Trinajstić information content (AvgIpc) is 3.35. The minimum atomic E-state index is -0.0770. The van der Waals surface area contributed by atoms with Gasteiger partial charge in [-0.2, -0.15) is 0 Å². The first-order valence-electron chi connectivity index (χ1n) is 9.37. The number of allylic oxidation sites excluding steroid dienone is 1. The maximum Gasteiger partial charge on any atom is 0.258 e. The highest BCUT2D eigenvalue weighted by Gasteiger charge is 2.14. The standard InChI is InChI=1S/C21H21N5O2S2/c1-4-7-25-18(12-28-17-6-5-14(2)15(3)10-17)23-24-21(25)30-13-16-11-19(27)26-8-9-29-20(26)22-16/h4-6,8-11H,1,7,12-13H2,2-3H3. The smallest absolute Gasteiger partial charge is 0.258 e. The number of hydrogen-bond acceptors (Lipinski definition) is 7. The molecule has 0 fully saturated rings. The molecule has 154 valence electrons. The summed E-state index contributed by atoms with van der Waals surface area (Å²) in [5.41, 5.74) is 3.05. The normalized spacial score (nSPS) is 11.1. The maximum absolute atomic E-state index is 12.2. The second kappa shape index (κ2) is 8.85. The molecule has 3 heterocycles. The van der Waals surface area contributed by atoms with E-state index in [1.165, 1.54) is 34.2 Å². The molecule has 0 aliphatic carbocycles. The Labute approximate surface area is 182 Å². The Balaban J connectivity index is 1.49. The number of rotatable bonds is 8. The number of thioether (sulfide) groups is 1. The van der Waals surface area contributed by atoms with Gasteiger partial charge in [-0.1, -0.05) is 23.9 Å². The van der Waals surface area contributed by atoms with E-state index in [4.69, 9.17) is 4.74 Å². The third-order valence-electron chi connectivity index (χ3n) is 4.66. The van der Waals surface area contributed by atoms with Gasteiger partial charge in [-0.05, 0) is 37.1 Å². The fourth-order valence-corrected chi connectivity index (χ4v) is 4.49.